The molecule has 0 aromatic carbocycles. The molecule has 0 bridgehead atoms. The van der Waals surface area contributed by atoms with Gasteiger partial charge in [-0.1, -0.05) is 13.8 Å². The third-order valence-electron chi connectivity index (χ3n) is 12.3. The van der Waals surface area contributed by atoms with Gasteiger partial charge in [0.2, 0.25) is 0 Å². The SMILES string of the molecule is C[C@H]1CC[C@@H]2N(C1)C[C@@H]1[C@@H]([C@@H](O)C[C@@]3(O)[C@@H]4C[C@H](O)[C@H]5C[C@@H](O)CC[C@]5(C)[C@@H]4C[C@@]13O)[C@]2(C)O. The summed E-state index contributed by atoms with van der Waals surface area (Å²) >= 11 is 0. The summed E-state index contributed by atoms with van der Waals surface area (Å²) in [6.07, 6.45) is 2.86. The highest BCUT2D eigenvalue weighted by molar-refractivity contribution is 5.27. The van der Waals surface area contributed by atoms with Gasteiger partial charge in [-0.2, -0.15) is 0 Å². The molecular weight excluding hydrogens is 434 g/mol. The normalized spacial score (nSPS) is 63.8. The summed E-state index contributed by atoms with van der Waals surface area (Å²) in [7, 11) is 0. The molecule has 7 nitrogen and oxygen atoms in total. The van der Waals surface area contributed by atoms with Crippen LogP contribution in [0.5, 0.6) is 0 Å². The van der Waals surface area contributed by atoms with E-state index in [0.717, 1.165) is 25.8 Å². The van der Waals surface area contributed by atoms with Crippen molar-refractivity contribution in [3.8, 4) is 0 Å². The lowest BCUT2D eigenvalue weighted by atomic mass is 9.50. The van der Waals surface area contributed by atoms with Crippen LogP contribution < -0.4 is 0 Å². The molecule has 0 amide bonds. The van der Waals surface area contributed by atoms with Gasteiger partial charge in [-0.25, -0.2) is 0 Å². The first-order valence-corrected chi connectivity index (χ1v) is 13.8. The van der Waals surface area contributed by atoms with Gasteiger partial charge in [0.1, 0.15) is 0 Å². The Balaban J connectivity index is 1.41. The van der Waals surface area contributed by atoms with Gasteiger partial charge in [-0.3, -0.25) is 4.90 Å². The highest BCUT2D eigenvalue weighted by atomic mass is 16.4. The fraction of sp³-hybridized carbons (Fsp3) is 1.00. The van der Waals surface area contributed by atoms with Crippen molar-refractivity contribution in [2.45, 2.75) is 113 Å². The van der Waals surface area contributed by atoms with Crippen molar-refractivity contribution in [3.05, 3.63) is 0 Å². The molecule has 2 saturated heterocycles. The van der Waals surface area contributed by atoms with Gasteiger partial charge in [-0.15, -0.1) is 0 Å². The van der Waals surface area contributed by atoms with Crippen LogP contribution in [0.25, 0.3) is 0 Å². The molecule has 194 valence electrons. The van der Waals surface area contributed by atoms with E-state index in [1.54, 1.807) is 0 Å². The van der Waals surface area contributed by atoms with Crippen molar-refractivity contribution in [1.29, 1.82) is 0 Å². The highest BCUT2D eigenvalue weighted by Crippen LogP contribution is 2.69. The second kappa shape index (κ2) is 7.40. The molecule has 14 atom stereocenters. The Bertz CT molecular complexity index is 838. The zero-order valence-corrected chi connectivity index (χ0v) is 21.0. The number of nitrogens with zero attached hydrogens (tertiary/aromatic N) is 1. The molecule has 7 heteroatoms. The van der Waals surface area contributed by atoms with E-state index in [1.807, 2.05) is 6.92 Å². The molecule has 0 aromatic heterocycles. The quantitative estimate of drug-likeness (QED) is 0.305. The van der Waals surface area contributed by atoms with Crippen molar-refractivity contribution < 1.29 is 30.6 Å². The van der Waals surface area contributed by atoms with Gasteiger partial charge >= 0.3 is 0 Å². The van der Waals surface area contributed by atoms with Gasteiger partial charge in [-0.05, 0) is 81.0 Å². The van der Waals surface area contributed by atoms with Crippen LogP contribution in [0.4, 0.5) is 0 Å². The van der Waals surface area contributed by atoms with Crippen LogP contribution in [0.1, 0.15) is 72.1 Å². The zero-order valence-electron chi connectivity index (χ0n) is 21.0. The van der Waals surface area contributed by atoms with Gasteiger partial charge < -0.3 is 30.6 Å². The Hall–Kier alpha value is -0.280. The van der Waals surface area contributed by atoms with Crippen molar-refractivity contribution in [2.75, 3.05) is 13.1 Å². The average Bonchev–Trinajstić information content (AvgIpc) is 2.97. The maximum atomic E-state index is 12.5. The molecule has 6 aliphatic rings. The lowest BCUT2D eigenvalue weighted by Crippen LogP contribution is -2.77. The first-order valence-electron chi connectivity index (χ1n) is 13.8. The monoisotopic (exact) mass is 479 g/mol. The molecular formula is C27H45NO6. The van der Waals surface area contributed by atoms with Crippen molar-refractivity contribution in [2.24, 2.45) is 40.9 Å². The molecule has 0 aromatic rings. The second-order valence-electron chi connectivity index (χ2n) is 13.9. The van der Waals surface area contributed by atoms with E-state index in [9.17, 15) is 30.6 Å². The van der Waals surface area contributed by atoms with E-state index in [-0.39, 0.29) is 35.6 Å². The Morgan fingerprint density at radius 1 is 0.735 bits per heavy atom. The number of aliphatic hydroxyl groups is 6. The average molecular weight is 480 g/mol. The fourth-order valence-corrected chi connectivity index (χ4v) is 10.6. The first-order chi connectivity index (χ1) is 15.8. The van der Waals surface area contributed by atoms with Crippen molar-refractivity contribution >= 4 is 0 Å². The Morgan fingerprint density at radius 3 is 2.18 bits per heavy atom. The highest BCUT2D eigenvalue weighted by Gasteiger charge is 2.76. The molecule has 6 fully saturated rings. The van der Waals surface area contributed by atoms with E-state index >= 15 is 0 Å². The molecule has 0 spiro atoms. The molecule has 2 heterocycles. The van der Waals surface area contributed by atoms with E-state index in [1.165, 1.54) is 0 Å². The van der Waals surface area contributed by atoms with Crippen molar-refractivity contribution in [3.63, 3.8) is 0 Å². The Morgan fingerprint density at radius 2 is 1.44 bits per heavy atom. The summed E-state index contributed by atoms with van der Waals surface area (Å²) in [5.41, 5.74) is -4.33. The topological polar surface area (TPSA) is 125 Å². The number of fused-ring (bicyclic) bond motifs is 8. The lowest BCUT2D eigenvalue weighted by molar-refractivity contribution is -0.293. The minimum Gasteiger partial charge on any atom is -0.393 e. The van der Waals surface area contributed by atoms with E-state index < -0.39 is 47.0 Å². The predicted octanol–water partition coefficient (Wildman–Crippen LogP) is 0.879. The Labute approximate surface area is 203 Å². The van der Waals surface area contributed by atoms with Crippen LogP contribution in [0.15, 0.2) is 0 Å². The standard InChI is InChI=1S/C27H45NO6/c1-14-4-5-22-25(3,32)23-19(13-28(22)12-14)26(33)10-18-16(27(26,34)11-21(23)31)9-20(30)17-8-15(29)6-7-24(17,18)2/h14-23,29-34H,4-13H2,1-3H3/t14-,15-,16+,17+,18+,19+,20-,21-,22-,23-,24-,25+,26+,27+/m0/s1. The lowest BCUT2D eigenvalue weighted by Gasteiger charge is -2.64. The number of hydrogen-bond donors (Lipinski definition) is 6. The van der Waals surface area contributed by atoms with Gasteiger partial charge in [0.05, 0.1) is 35.1 Å². The van der Waals surface area contributed by atoms with Crippen LogP contribution in [0, 0.1) is 40.9 Å². The van der Waals surface area contributed by atoms with E-state index in [4.69, 9.17) is 0 Å². The Kier molecular flexibility index (Phi) is 5.24. The largest absolute Gasteiger partial charge is 0.393 e. The molecule has 0 unspecified atom stereocenters. The molecule has 0 radical (unpaired) electrons. The van der Waals surface area contributed by atoms with Crippen LogP contribution in [-0.4, -0.2) is 89.8 Å². The summed E-state index contributed by atoms with van der Waals surface area (Å²) in [6, 6.07) is -0.0402. The minimum atomic E-state index is -1.49. The van der Waals surface area contributed by atoms with Gasteiger partial charge in [0, 0.05) is 37.4 Å². The molecule has 4 aliphatic carbocycles. The summed E-state index contributed by atoms with van der Waals surface area (Å²) < 4.78 is 0. The number of piperidine rings is 2. The zero-order chi connectivity index (χ0) is 24.4. The number of hydrogen-bond acceptors (Lipinski definition) is 7. The number of aliphatic hydroxyl groups excluding tert-OH is 3. The minimum absolute atomic E-state index is 0.0114. The maximum Gasteiger partial charge on any atom is 0.0993 e. The fourth-order valence-electron chi connectivity index (χ4n) is 10.6. The summed E-state index contributed by atoms with van der Waals surface area (Å²) in [4.78, 5) is 2.31. The van der Waals surface area contributed by atoms with Crippen molar-refractivity contribution in [1.82, 2.24) is 4.90 Å². The second-order valence-corrected chi connectivity index (χ2v) is 13.9. The van der Waals surface area contributed by atoms with E-state index in [0.29, 0.717) is 38.1 Å². The van der Waals surface area contributed by atoms with Crippen LogP contribution in [0.3, 0.4) is 0 Å². The smallest absolute Gasteiger partial charge is 0.0993 e. The molecule has 6 rings (SSSR count). The summed E-state index contributed by atoms with van der Waals surface area (Å²) in [5, 5.41) is 69.6. The van der Waals surface area contributed by atoms with Gasteiger partial charge in [0.25, 0.3) is 0 Å². The third kappa shape index (κ3) is 2.89. The van der Waals surface area contributed by atoms with E-state index in [2.05, 4.69) is 18.7 Å². The summed E-state index contributed by atoms with van der Waals surface area (Å²) in [6.45, 7) is 7.67. The van der Waals surface area contributed by atoms with Crippen LogP contribution >= 0.6 is 0 Å². The third-order valence-corrected chi connectivity index (χ3v) is 12.3. The maximum absolute atomic E-state index is 12.5. The molecule has 34 heavy (non-hydrogen) atoms. The predicted molar refractivity (Wildman–Crippen MR) is 126 cm³/mol. The molecule has 6 N–H and O–H groups in total. The molecule has 4 saturated carbocycles. The summed E-state index contributed by atoms with van der Waals surface area (Å²) in [5.74, 6) is -0.751. The van der Waals surface area contributed by atoms with Gasteiger partial charge in [0.15, 0.2) is 0 Å². The van der Waals surface area contributed by atoms with Crippen LogP contribution in [-0.2, 0) is 0 Å². The number of rotatable bonds is 0. The first kappa shape index (κ1) is 24.1. The van der Waals surface area contributed by atoms with Crippen LogP contribution in [0.2, 0.25) is 0 Å². The molecule has 2 aliphatic heterocycles.